The zero-order valence-electron chi connectivity index (χ0n) is 16.1. The summed E-state index contributed by atoms with van der Waals surface area (Å²) >= 11 is 0. The highest BCUT2D eigenvalue weighted by Crippen LogP contribution is 2.22. The van der Waals surface area contributed by atoms with Crippen LogP contribution in [0.3, 0.4) is 0 Å². The number of nitrogens with zero attached hydrogens (tertiary/aromatic N) is 4. The van der Waals surface area contributed by atoms with Crippen LogP contribution in [0, 0.1) is 11.6 Å². The van der Waals surface area contributed by atoms with E-state index >= 15 is 0 Å². The maximum absolute atomic E-state index is 13.4. The first-order chi connectivity index (χ1) is 14.1. The number of benzene rings is 2. The predicted octanol–water partition coefficient (Wildman–Crippen LogP) is 3.99. The van der Waals surface area contributed by atoms with Crippen LogP contribution in [-0.4, -0.2) is 48.1 Å². The van der Waals surface area contributed by atoms with Crippen molar-refractivity contribution >= 4 is 28.8 Å². The van der Waals surface area contributed by atoms with Gasteiger partial charge in [-0.2, -0.15) is 4.98 Å². The van der Waals surface area contributed by atoms with Gasteiger partial charge in [-0.1, -0.05) is 0 Å². The van der Waals surface area contributed by atoms with Crippen LogP contribution in [0.25, 0.3) is 0 Å². The Morgan fingerprint density at radius 2 is 1.55 bits per heavy atom. The van der Waals surface area contributed by atoms with Crippen molar-refractivity contribution in [1.82, 2.24) is 14.9 Å². The highest BCUT2D eigenvalue weighted by molar-refractivity contribution is 5.62. The third kappa shape index (κ3) is 4.78. The molecule has 1 saturated heterocycles. The number of hydrogen-bond donors (Lipinski definition) is 2. The van der Waals surface area contributed by atoms with Crippen LogP contribution in [0.15, 0.2) is 54.7 Å². The second kappa shape index (κ2) is 8.40. The SMILES string of the molecule is CN1CCN(c2ccc(Nc3nccc(Nc4ccc(F)c(F)c4)n3)cc2)CC1. The monoisotopic (exact) mass is 396 g/mol. The highest BCUT2D eigenvalue weighted by Gasteiger charge is 2.14. The minimum atomic E-state index is -0.914. The van der Waals surface area contributed by atoms with E-state index in [4.69, 9.17) is 0 Å². The van der Waals surface area contributed by atoms with Crippen LogP contribution in [0.1, 0.15) is 0 Å². The Kier molecular flexibility index (Phi) is 5.53. The molecule has 8 heteroatoms. The molecule has 3 aromatic rings. The Bertz CT molecular complexity index is 971. The molecule has 1 aliphatic rings. The summed E-state index contributed by atoms with van der Waals surface area (Å²) in [5.41, 5.74) is 2.47. The van der Waals surface area contributed by atoms with Gasteiger partial charge in [0, 0.05) is 55.5 Å². The first kappa shape index (κ1) is 19.1. The lowest BCUT2D eigenvalue weighted by Gasteiger charge is -2.34. The smallest absolute Gasteiger partial charge is 0.229 e. The molecule has 150 valence electrons. The van der Waals surface area contributed by atoms with Crippen LogP contribution in [0.4, 0.5) is 37.6 Å². The quantitative estimate of drug-likeness (QED) is 0.680. The second-order valence-corrected chi connectivity index (χ2v) is 6.98. The average molecular weight is 396 g/mol. The zero-order valence-corrected chi connectivity index (χ0v) is 16.1. The summed E-state index contributed by atoms with van der Waals surface area (Å²) in [7, 11) is 2.14. The molecule has 0 aliphatic carbocycles. The van der Waals surface area contributed by atoms with Crippen LogP contribution in [0.5, 0.6) is 0 Å². The normalized spacial score (nSPS) is 14.7. The molecule has 0 amide bonds. The van der Waals surface area contributed by atoms with Crippen molar-refractivity contribution < 1.29 is 8.78 Å². The molecular weight excluding hydrogens is 374 g/mol. The number of aromatic nitrogens is 2. The van der Waals surface area contributed by atoms with Crippen LogP contribution >= 0.6 is 0 Å². The number of likely N-dealkylation sites (N-methyl/N-ethyl adjacent to an activating group) is 1. The van der Waals surface area contributed by atoms with Crippen LogP contribution in [-0.2, 0) is 0 Å². The number of anilines is 5. The van der Waals surface area contributed by atoms with Crippen molar-refractivity contribution in [3.8, 4) is 0 Å². The minimum absolute atomic E-state index is 0.407. The molecule has 1 aliphatic heterocycles. The van der Waals surface area contributed by atoms with E-state index in [1.807, 2.05) is 12.1 Å². The molecule has 0 radical (unpaired) electrons. The molecule has 29 heavy (non-hydrogen) atoms. The number of halogens is 2. The summed E-state index contributed by atoms with van der Waals surface area (Å²) in [6.45, 7) is 4.16. The van der Waals surface area contributed by atoms with Crippen LogP contribution < -0.4 is 15.5 Å². The number of nitrogens with one attached hydrogen (secondary N) is 2. The Balaban J connectivity index is 1.41. The van der Waals surface area contributed by atoms with Gasteiger partial charge in [0.05, 0.1) is 0 Å². The molecule has 0 bridgehead atoms. The summed E-state index contributed by atoms with van der Waals surface area (Å²) in [6, 6.07) is 13.4. The lowest BCUT2D eigenvalue weighted by Crippen LogP contribution is -2.44. The maximum atomic E-state index is 13.4. The number of rotatable bonds is 5. The molecule has 0 spiro atoms. The highest BCUT2D eigenvalue weighted by atomic mass is 19.2. The van der Waals surface area contributed by atoms with E-state index in [0.717, 1.165) is 44.0 Å². The van der Waals surface area contributed by atoms with E-state index in [2.05, 4.69) is 49.6 Å². The van der Waals surface area contributed by atoms with Crippen molar-refractivity contribution in [1.29, 1.82) is 0 Å². The summed E-state index contributed by atoms with van der Waals surface area (Å²) in [5.74, 6) is -0.920. The average Bonchev–Trinajstić information content (AvgIpc) is 2.72. The van der Waals surface area contributed by atoms with Gasteiger partial charge in [0.1, 0.15) is 5.82 Å². The fourth-order valence-corrected chi connectivity index (χ4v) is 3.16. The van der Waals surface area contributed by atoms with Crippen molar-refractivity contribution in [2.45, 2.75) is 0 Å². The van der Waals surface area contributed by atoms with Crippen molar-refractivity contribution in [3.63, 3.8) is 0 Å². The molecule has 4 rings (SSSR count). The van der Waals surface area contributed by atoms with Crippen molar-refractivity contribution in [3.05, 3.63) is 66.4 Å². The second-order valence-electron chi connectivity index (χ2n) is 6.98. The summed E-state index contributed by atoms with van der Waals surface area (Å²) < 4.78 is 26.4. The predicted molar refractivity (Wildman–Crippen MR) is 111 cm³/mol. The Morgan fingerprint density at radius 1 is 0.828 bits per heavy atom. The van der Waals surface area contributed by atoms with E-state index < -0.39 is 11.6 Å². The van der Waals surface area contributed by atoms with E-state index in [0.29, 0.717) is 17.5 Å². The maximum Gasteiger partial charge on any atom is 0.229 e. The standard InChI is InChI=1S/C21H22F2N6/c1-28-10-12-29(13-11-28)17-5-2-15(3-6-17)26-21-24-9-8-20(27-21)25-16-4-7-18(22)19(23)14-16/h2-9,14H,10-13H2,1H3,(H2,24,25,26,27). The molecule has 0 atom stereocenters. The summed E-state index contributed by atoms with van der Waals surface area (Å²) in [6.07, 6.45) is 1.59. The molecule has 2 aromatic carbocycles. The van der Waals surface area contributed by atoms with Gasteiger partial charge in [-0.3, -0.25) is 0 Å². The molecular formula is C21H22F2N6. The zero-order chi connectivity index (χ0) is 20.2. The van der Waals surface area contributed by atoms with E-state index in [1.165, 1.54) is 11.8 Å². The van der Waals surface area contributed by atoms with Gasteiger partial charge < -0.3 is 20.4 Å². The summed E-state index contributed by atoms with van der Waals surface area (Å²) in [5, 5.41) is 6.11. The fraction of sp³-hybridized carbons (Fsp3) is 0.238. The van der Waals surface area contributed by atoms with Gasteiger partial charge in [-0.15, -0.1) is 0 Å². The molecule has 6 nitrogen and oxygen atoms in total. The largest absolute Gasteiger partial charge is 0.369 e. The molecule has 1 fully saturated rings. The lowest BCUT2D eigenvalue weighted by molar-refractivity contribution is 0.313. The molecule has 2 heterocycles. The Labute approximate surface area is 168 Å². The molecule has 1 aromatic heterocycles. The minimum Gasteiger partial charge on any atom is -0.369 e. The van der Waals surface area contributed by atoms with Gasteiger partial charge in [-0.05, 0) is 49.5 Å². The van der Waals surface area contributed by atoms with Gasteiger partial charge >= 0.3 is 0 Å². The van der Waals surface area contributed by atoms with Crippen LogP contribution in [0.2, 0.25) is 0 Å². The molecule has 2 N–H and O–H groups in total. The van der Waals surface area contributed by atoms with E-state index in [1.54, 1.807) is 12.3 Å². The van der Waals surface area contributed by atoms with E-state index in [-0.39, 0.29) is 0 Å². The first-order valence-corrected chi connectivity index (χ1v) is 9.42. The van der Waals surface area contributed by atoms with Crippen molar-refractivity contribution in [2.24, 2.45) is 0 Å². The van der Waals surface area contributed by atoms with E-state index in [9.17, 15) is 8.78 Å². The number of piperazine rings is 1. The van der Waals surface area contributed by atoms with Crippen molar-refractivity contribution in [2.75, 3.05) is 48.8 Å². The third-order valence-corrected chi connectivity index (χ3v) is 4.84. The fourth-order valence-electron chi connectivity index (χ4n) is 3.16. The Hall–Kier alpha value is -3.26. The van der Waals surface area contributed by atoms with Gasteiger partial charge in [0.25, 0.3) is 0 Å². The first-order valence-electron chi connectivity index (χ1n) is 9.42. The molecule has 0 unspecified atom stereocenters. The van der Waals surface area contributed by atoms with Gasteiger partial charge in [0.2, 0.25) is 5.95 Å². The topological polar surface area (TPSA) is 56.3 Å². The number of hydrogen-bond acceptors (Lipinski definition) is 6. The Morgan fingerprint density at radius 3 is 2.28 bits per heavy atom. The van der Waals surface area contributed by atoms with Gasteiger partial charge in [-0.25, -0.2) is 13.8 Å². The molecule has 0 saturated carbocycles. The van der Waals surface area contributed by atoms with Gasteiger partial charge in [0.15, 0.2) is 11.6 Å². The summed E-state index contributed by atoms with van der Waals surface area (Å²) in [4.78, 5) is 13.3. The lowest BCUT2D eigenvalue weighted by atomic mass is 10.2. The third-order valence-electron chi connectivity index (χ3n) is 4.84.